The minimum atomic E-state index is -0.650. The summed E-state index contributed by atoms with van der Waals surface area (Å²) in [4.78, 5) is 29.5. The normalized spacial score (nSPS) is 10.8. The second-order valence-electron chi connectivity index (χ2n) is 5.81. The van der Waals surface area contributed by atoms with Crippen molar-refractivity contribution in [3.05, 3.63) is 46.8 Å². The van der Waals surface area contributed by atoms with Gasteiger partial charge in [-0.25, -0.2) is 14.8 Å². The zero-order valence-corrected chi connectivity index (χ0v) is 13.3. The van der Waals surface area contributed by atoms with Crippen LogP contribution in [0, 0.1) is 10.1 Å². The number of aromatic nitrogens is 2. The van der Waals surface area contributed by atoms with Crippen LogP contribution in [0.2, 0.25) is 0 Å². The van der Waals surface area contributed by atoms with E-state index in [-0.39, 0.29) is 17.4 Å². The fourth-order valence-electron chi connectivity index (χ4n) is 1.62. The van der Waals surface area contributed by atoms with Crippen LogP contribution in [0.25, 0.3) is 0 Å². The minimum Gasteiger partial charge on any atom is -0.439 e. The summed E-state index contributed by atoms with van der Waals surface area (Å²) in [6.07, 6.45) is 0.531. The number of non-ortho nitro benzene ring substituents is 1. The summed E-state index contributed by atoms with van der Waals surface area (Å²) in [6.45, 7) is 5.45. The molecule has 1 N–H and O–H groups in total. The van der Waals surface area contributed by atoms with Crippen LogP contribution in [0.3, 0.4) is 0 Å². The first-order valence-corrected chi connectivity index (χ1v) is 6.97. The van der Waals surface area contributed by atoms with E-state index in [1.807, 2.05) is 20.8 Å². The van der Waals surface area contributed by atoms with E-state index in [0.29, 0.717) is 5.75 Å². The van der Waals surface area contributed by atoms with Gasteiger partial charge in [0.15, 0.2) is 0 Å². The van der Waals surface area contributed by atoms with Gasteiger partial charge in [0.05, 0.1) is 11.0 Å². The van der Waals surface area contributed by atoms with Crippen molar-refractivity contribution in [2.45, 2.75) is 26.3 Å². The number of benzene rings is 1. The van der Waals surface area contributed by atoms with Gasteiger partial charge >= 0.3 is 6.09 Å². The summed E-state index contributed by atoms with van der Waals surface area (Å²) in [5.41, 5.74) is -0.490. The Morgan fingerprint density at radius 2 is 1.79 bits per heavy atom. The first kappa shape index (κ1) is 17.1. The predicted octanol–water partition coefficient (Wildman–Crippen LogP) is 3.06. The molecule has 0 aliphatic rings. The number of nitrogens with one attached hydrogen (secondary N) is 1. The summed E-state index contributed by atoms with van der Waals surface area (Å²) < 4.78 is 10.5. The van der Waals surface area contributed by atoms with Gasteiger partial charge in [0.25, 0.3) is 5.69 Å². The molecule has 0 aliphatic heterocycles. The monoisotopic (exact) mass is 332 g/mol. The number of nitrogens with zero attached hydrogens (tertiary/aromatic N) is 3. The highest BCUT2D eigenvalue weighted by Gasteiger charge is 2.16. The lowest BCUT2D eigenvalue weighted by atomic mass is 10.1. The highest BCUT2D eigenvalue weighted by Crippen LogP contribution is 2.23. The van der Waals surface area contributed by atoms with E-state index in [2.05, 4.69) is 15.3 Å². The third-order valence-electron chi connectivity index (χ3n) is 2.56. The SMILES string of the molecule is CC(C)(C)NC(=O)Oc1cc(Oc2ccc([N+](=O)[O-])cc2)ncn1. The highest BCUT2D eigenvalue weighted by molar-refractivity contribution is 5.70. The van der Waals surface area contributed by atoms with Gasteiger partial charge in [0.2, 0.25) is 11.8 Å². The first-order chi connectivity index (χ1) is 11.2. The average molecular weight is 332 g/mol. The van der Waals surface area contributed by atoms with E-state index >= 15 is 0 Å². The maximum Gasteiger partial charge on any atom is 0.414 e. The Morgan fingerprint density at radius 1 is 1.17 bits per heavy atom. The van der Waals surface area contributed by atoms with Crippen molar-refractivity contribution in [3.8, 4) is 17.5 Å². The van der Waals surface area contributed by atoms with Crippen molar-refractivity contribution in [2.75, 3.05) is 0 Å². The van der Waals surface area contributed by atoms with Crippen LogP contribution in [0.1, 0.15) is 20.8 Å². The standard InChI is InChI=1S/C15H16N4O5/c1-15(2,3)18-14(20)24-13-8-12(16-9-17-13)23-11-6-4-10(5-7-11)19(21)22/h4-9H,1-3H3,(H,18,20). The van der Waals surface area contributed by atoms with Crippen LogP contribution in [-0.2, 0) is 0 Å². The number of carbonyl (C=O) groups excluding carboxylic acids is 1. The molecular weight excluding hydrogens is 316 g/mol. The van der Waals surface area contributed by atoms with Crippen molar-refractivity contribution in [1.29, 1.82) is 0 Å². The Hall–Kier alpha value is -3.23. The molecule has 0 radical (unpaired) electrons. The Bertz CT molecular complexity index is 740. The molecule has 24 heavy (non-hydrogen) atoms. The molecule has 0 bridgehead atoms. The Morgan fingerprint density at radius 3 is 2.38 bits per heavy atom. The number of rotatable bonds is 4. The molecule has 1 heterocycles. The van der Waals surface area contributed by atoms with Crippen molar-refractivity contribution in [2.24, 2.45) is 0 Å². The van der Waals surface area contributed by atoms with E-state index in [9.17, 15) is 14.9 Å². The number of hydrogen-bond acceptors (Lipinski definition) is 7. The minimum absolute atomic E-state index is 0.0173. The van der Waals surface area contributed by atoms with Gasteiger partial charge < -0.3 is 14.8 Å². The van der Waals surface area contributed by atoms with Crippen LogP contribution < -0.4 is 14.8 Å². The summed E-state index contributed by atoms with van der Waals surface area (Å²) in [6, 6.07) is 6.83. The molecule has 1 aromatic heterocycles. The van der Waals surface area contributed by atoms with Crippen molar-refractivity contribution in [3.63, 3.8) is 0 Å². The van der Waals surface area contributed by atoms with Crippen LogP contribution in [0.15, 0.2) is 36.7 Å². The zero-order valence-electron chi connectivity index (χ0n) is 13.3. The van der Waals surface area contributed by atoms with Gasteiger partial charge in [-0.15, -0.1) is 0 Å². The topological polar surface area (TPSA) is 116 Å². The van der Waals surface area contributed by atoms with E-state index in [4.69, 9.17) is 9.47 Å². The number of amides is 1. The molecule has 2 rings (SSSR count). The molecule has 2 aromatic rings. The predicted molar refractivity (Wildman–Crippen MR) is 84.1 cm³/mol. The molecule has 0 fully saturated rings. The van der Waals surface area contributed by atoms with E-state index in [1.54, 1.807) is 0 Å². The molecule has 0 atom stereocenters. The van der Waals surface area contributed by atoms with Crippen LogP contribution >= 0.6 is 0 Å². The van der Waals surface area contributed by atoms with Gasteiger partial charge in [0, 0.05) is 17.7 Å². The maximum atomic E-state index is 11.7. The third-order valence-corrected chi connectivity index (χ3v) is 2.56. The Kier molecular flexibility index (Phi) is 4.93. The molecule has 9 heteroatoms. The molecule has 0 aliphatic carbocycles. The van der Waals surface area contributed by atoms with Gasteiger partial charge in [-0.05, 0) is 32.9 Å². The van der Waals surface area contributed by atoms with Gasteiger partial charge in [-0.1, -0.05) is 0 Å². The molecule has 126 valence electrons. The largest absolute Gasteiger partial charge is 0.439 e. The lowest BCUT2D eigenvalue weighted by Crippen LogP contribution is -2.42. The quantitative estimate of drug-likeness (QED) is 0.675. The van der Waals surface area contributed by atoms with Crippen LogP contribution in [0.5, 0.6) is 17.5 Å². The smallest absolute Gasteiger partial charge is 0.414 e. The Labute approximate surface area is 137 Å². The number of carbonyl (C=O) groups is 1. The number of nitro benzene ring substituents is 1. The summed E-state index contributed by atoms with van der Waals surface area (Å²) in [5, 5.41) is 13.2. The Balaban J connectivity index is 2.04. The fourth-order valence-corrected chi connectivity index (χ4v) is 1.62. The second kappa shape index (κ2) is 6.90. The molecule has 1 aromatic carbocycles. The van der Waals surface area contributed by atoms with E-state index in [1.165, 1.54) is 36.7 Å². The van der Waals surface area contributed by atoms with Crippen molar-refractivity contribution >= 4 is 11.8 Å². The van der Waals surface area contributed by atoms with Gasteiger partial charge in [-0.3, -0.25) is 10.1 Å². The molecule has 0 saturated heterocycles. The second-order valence-corrected chi connectivity index (χ2v) is 5.81. The summed E-state index contributed by atoms with van der Waals surface area (Å²) in [7, 11) is 0. The molecule has 0 spiro atoms. The highest BCUT2D eigenvalue weighted by atomic mass is 16.6. The molecule has 1 amide bonds. The third kappa shape index (κ3) is 5.20. The lowest BCUT2D eigenvalue weighted by Gasteiger charge is -2.19. The molecular formula is C15H16N4O5. The van der Waals surface area contributed by atoms with Crippen LogP contribution in [-0.4, -0.2) is 26.5 Å². The lowest BCUT2D eigenvalue weighted by molar-refractivity contribution is -0.384. The molecule has 0 unspecified atom stereocenters. The van der Waals surface area contributed by atoms with E-state index < -0.39 is 16.6 Å². The number of hydrogen-bond donors (Lipinski definition) is 1. The van der Waals surface area contributed by atoms with Gasteiger partial charge in [-0.2, -0.15) is 0 Å². The average Bonchev–Trinajstić information content (AvgIpc) is 2.46. The molecule has 0 saturated carbocycles. The van der Waals surface area contributed by atoms with Crippen molar-refractivity contribution in [1.82, 2.24) is 15.3 Å². The summed E-state index contributed by atoms with van der Waals surface area (Å²) >= 11 is 0. The van der Waals surface area contributed by atoms with E-state index in [0.717, 1.165) is 0 Å². The summed E-state index contributed by atoms with van der Waals surface area (Å²) in [5.74, 6) is 0.505. The zero-order chi connectivity index (χ0) is 17.7. The van der Waals surface area contributed by atoms with Gasteiger partial charge in [0.1, 0.15) is 12.1 Å². The first-order valence-electron chi connectivity index (χ1n) is 6.97. The maximum absolute atomic E-state index is 11.7. The number of ether oxygens (including phenoxy) is 2. The fraction of sp³-hybridized carbons (Fsp3) is 0.267. The van der Waals surface area contributed by atoms with Crippen molar-refractivity contribution < 1.29 is 19.2 Å². The van der Waals surface area contributed by atoms with Crippen LogP contribution in [0.4, 0.5) is 10.5 Å². The molecule has 9 nitrogen and oxygen atoms in total. The number of nitro groups is 1.